The average molecular weight is 261 g/mol. The van der Waals surface area contributed by atoms with Crippen molar-refractivity contribution < 1.29 is 4.74 Å². The number of aryl methyl sites for hydroxylation is 2. The molecule has 6 heteroatoms. The number of methoxy groups -OCH3 is 1. The molecule has 1 aromatic heterocycles. The van der Waals surface area contributed by atoms with E-state index in [-0.39, 0.29) is 6.04 Å². The Labute approximate surface area is 112 Å². The number of tetrazole rings is 1. The van der Waals surface area contributed by atoms with Gasteiger partial charge in [0.25, 0.3) is 0 Å². The van der Waals surface area contributed by atoms with Gasteiger partial charge in [0, 0.05) is 6.54 Å². The molecule has 6 nitrogen and oxygen atoms in total. The highest BCUT2D eigenvalue weighted by atomic mass is 16.5. The van der Waals surface area contributed by atoms with Gasteiger partial charge in [0.05, 0.1) is 13.2 Å². The summed E-state index contributed by atoms with van der Waals surface area (Å²) in [5, 5.41) is 15.0. The Morgan fingerprint density at radius 1 is 1.37 bits per heavy atom. The third kappa shape index (κ3) is 3.08. The maximum Gasteiger partial charge on any atom is 0.167 e. The predicted molar refractivity (Wildman–Crippen MR) is 72.0 cm³/mol. The van der Waals surface area contributed by atoms with Crippen molar-refractivity contribution in [3.63, 3.8) is 0 Å². The molecule has 0 aliphatic carbocycles. The van der Waals surface area contributed by atoms with E-state index in [1.54, 1.807) is 7.11 Å². The lowest BCUT2D eigenvalue weighted by molar-refractivity contribution is 0.407. The minimum Gasteiger partial charge on any atom is -0.496 e. The van der Waals surface area contributed by atoms with E-state index in [0.29, 0.717) is 0 Å². The third-order valence-electron chi connectivity index (χ3n) is 3.17. The van der Waals surface area contributed by atoms with Crippen LogP contribution in [0.1, 0.15) is 24.4 Å². The summed E-state index contributed by atoms with van der Waals surface area (Å²) in [6.07, 6.45) is 0.832. The van der Waals surface area contributed by atoms with Crippen molar-refractivity contribution >= 4 is 0 Å². The molecule has 1 aromatic carbocycles. The molecule has 0 saturated heterocycles. The smallest absolute Gasteiger partial charge is 0.167 e. The van der Waals surface area contributed by atoms with Gasteiger partial charge in [-0.3, -0.25) is 0 Å². The van der Waals surface area contributed by atoms with Crippen LogP contribution in [0.5, 0.6) is 5.75 Å². The van der Waals surface area contributed by atoms with Gasteiger partial charge in [0.1, 0.15) is 5.75 Å². The lowest BCUT2D eigenvalue weighted by Gasteiger charge is -2.11. The Balaban J connectivity index is 2.08. The number of rotatable bonds is 6. The fourth-order valence-electron chi connectivity index (χ4n) is 1.95. The van der Waals surface area contributed by atoms with Crippen LogP contribution < -0.4 is 10.1 Å². The molecular formula is C13H19N5O. The molecule has 0 fully saturated rings. The molecule has 1 N–H and O–H groups in total. The van der Waals surface area contributed by atoms with Crippen LogP contribution in [0.4, 0.5) is 0 Å². The third-order valence-corrected chi connectivity index (χ3v) is 3.17. The summed E-state index contributed by atoms with van der Waals surface area (Å²) in [4.78, 5) is 0. The Morgan fingerprint density at radius 3 is 2.89 bits per heavy atom. The van der Waals surface area contributed by atoms with E-state index in [9.17, 15) is 0 Å². The van der Waals surface area contributed by atoms with Gasteiger partial charge in [-0.1, -0.05) is 18.2 Å². The van der Waals surface area contributed by atoms with Crippen LogP contribution in [0.15, 0.2) is 24.3 Å². The summed E-state index contributed by atoms with van der Waals surface area (Å²) in [5.74, 6) is 1.75. The zero-order chi connectivity index (χ0) is 13.7. The summed E-state index contributed by atoms with van der Waals surface area (Å²) in [5.41, 5.74) is 1.16. The molecule has 0 amide bonds. The zero-order valence-corrected chi connectivity index (χ0v) is 11.5. The molecule has 0 radical (unpaired) electrons. The first-order chi connectivity index (χ1) is 9.26. The highest BCUT2D eigenvalue weighted by Gasteiger charge is 2.12. The molecule has 2 aromatic rings. The van der Waals surface area contributed by atoms with Gasteiger partial charge in [-0.25, -0.2) is 4.68 Å². The number of hydrogen-bond donors (Lipinski definition) is 1. The Kier molecular flexibility index (Phi) is 4.46. The van der Waals surface area contributed by atoms with Gasteiger partial charge in [-0.05, 0) is 42.4 Å². The van der Waals surface area contributed by atoms with Crippen LogP contribution in [0.2, 0.25) is 0 Å². The number of aromatic nitrogens is 4. The Hall–Kier alpha value is -1.95. The second-order valence-corrected chi connectivity index (χ2v) is 4.33. The van der Waals surface area contributed by atoms with Crippen LogP contribution in [-0.2, 0) is 13.0 Å². The largest absolute Gasteiger partial charge is 0.496 e. The van der Waals surface area contributed by atoms with Crippen molar-refractivity contribution in [1.82, 2.24) is 25.5 Å². The quantitative estimate of drug-likeness (QED) is 0.846. The van der Waals surface area contributed by atoms with Crippen molar-refractivity contribution in [1.29, 1.82) is 0 Å². The van der Waals surface area contributed by atoms with E-state index in [2.05, 4.69) is 26.9 Å². The molecule has 0 spiro atoms. The standard InChI is InChI=1S/C13H19N5O/c1-10(14-2)13-15-16-17-18(13)9-8-11-6-4-5-7-12(11)19-3/h4-7,10,14H,8-9H2,1-3H3. The minimum atomic E-state index is 0.132. The molecule has 19 heavy (non-hydrogen) atoms. The fraction of sp³-hybridized carbons (Fsp3) is 0.462. The molecule has 102 valence electrons. The van der Waals surface area contributed by atoms with E-state index in [1.165, 1.54) is 0 Å². The van der Waals surface area contributed by atoms with Gasteiger partial charge in [-0.15, -0.1) is 5.10 Å². The molecular weight excluding hydrogens is 242 g/mol. The van der Waals surface area contributed by atoms with Gasteiger partial charge < -0.3 is 10.1 Å². The SMILES string of the molecule is CNC(C)c1nnnn1CCc1ccccc1OC. The second kappa shape index (κ2) is 6.29. The summed E-state index contributed by atoms with van der Waals surface area (Å²) in [7, 11) is 3.58. The first kappa shape index (κ1) is 13.5. The molecule has 1 atom stereocenters. The van der Waals surface area contributed by atoms with E-state index in [0.717, 1.165) is 30.1 Å². The Morgan fingerprint density at radius 2 is 2.16 bits per heavy atom. The lowest BCUT2D eigenvalue weighted by atomic mass is 10.1. The topological polar surface area (TPSA) is 64.9 Å². The monoisotopic (exact) mass is 261 g/mol. The number of benzene rings is 1. The predicted octanol–water partition coefficient (Wildman–Crippen LogP) is 1.20. The van der Waals surface area contributed by atoms with Gasteiger partial charge in [-0.2, -0.15) is 0 Å². The van der Waals surface area contributed by atoms with Crippen molar-refractivity contribution in [2.75, 3.05) is 14.2 Å². The zero-order valence-electron chi connectivity index (χ0n) is 11.5. The first-order valence-electron chi connectivity index (χ1n) is 6.31. The number of para-hydroxylation sites is 1. The average Bonchev–Trinajstić information content (AvgIpc) is 2.93. The molecule has 1 unspecified atom stereocenters. The molecule has 0 aliphatic heterocycles. The van der Waals surface area contributed by atoms with Crippen LogP contribution in [0, 0.1) is 0 Å². The highest BCUT2D eigenvalue weighted by molar-refractivity contribution is 5.33. The van der Waals surface area contributed by atoms with Crippen LogP contribution in [0.25, 0.3) is 0 Å². The van der Waals surface area contributed by atoms with Gasteiger partial charge in [0.2, 0.25) is 0 Å². The van der Waals surface area contributed by atoms with Gasteiger partial charge >= 0.3 is 0 Å². The summed E-state index contributed by atoms with van der Waals surface area (Å²) >= 11 is 0. The maximum atomic E-state index is 5.34. The number of hydrogen-bond acceptors (Lipinski definition) is 5. The van der Waals surface area contributed by atoms with E-state index >= 15 is 0 Å². The van der Waals surface area contributed by atoms with E-state index in [4.69, 9.17) is 4.74 Å². The number of nitrogens with zero attached hydrogens (tertiary/aromatic N) is 4. The minimum absolute atomic E-state index is 0.132. The van der Waals surface area contributed by atoms with Crippen molar-refractivity contribution in [2.45, 2.75) is 25.9 Å². The Bertz CT molecular complexity index is 525. The van der Waals surface area contributed by atoms with Gasteiger partial charge in [0.15, 0.2) is 5.82 Å². The molecule has 0 aliphatic rings. The normalized spacial score (nSPS) is 12.4. The molecule has 0 bridgehead atoms. The fourth-order valence-corrected chi connectivity index (χ4v) is 1.95. The second-order valence-electron chi connectivity index (χ2n) is 4.33. The van der Waals surface area contributed by atoms with Crippen LogP contribution in [0.3, 0.4) is 0 Å². The summed E-state index contributed by atoms with van der Waals surface area (Å²) in [6.45, 7) is 2.76. The van der Waals surface area contributed by atoms with Crippen molar-refractivity contribution in [2.24, 2.45) is 0 Å². The van der Waals surface area contributed by atoms with E-state index in [1.807, 2.05) is 36.9 Å². The number of ether oxygens (including phenoxy) is 1. The van der Waals surface area contributed by atoms with Crippen LogP contribution in [-0.4, -0.2) is 34.4 Å². The summed E-state index contributed by atoms with van der Waals surface area (Å²) < 4.78 is 7.17. The highest BCUT2D eigenvalue weighted by Crippen LogP contribution is 2.18. The maximum absolute atomic E-state index is 5.34. The van der Waals surface area contributed by atoms with E-state index < -0.39 is 0 Å². The van der Waals surface area contributed by atoms with Crippen molar-refractivity contribution in [3.8, 4) is 5.75 Å². The molecule has 2 rings (SSSR count). The molecule has 0 saturated carbocycles. The van der Waals surface area contributed by atoms with Crippen LogP contribution >= 0.6 is 0 Å². The molecule has 1 heterocycles. The summed E-state index contributed by atoms with van der Waals surface area (Å²) in [6, 6.07) is 8.13. The first-order valence-corrected chi connectivity index (χ1v) is 6.31. The van der Waals surface area contributed by atoms with Crippen molar-refractivity contribution in [3.05, 3.63) is 35.7 Å². The number of nitrogens with one attached hydrogen (secondary N) is 1. The lowest BCUT2D eigenvalue weighted by Crippen LogP contribution is -2.19.